The topological polar surface area (TPSA) is 17.1 Å². The van der Waals surface area contributed by atoms with Crippen LogP contribution in [0.4, 0.5) is 0 Å². The van der Waals surface area contributed by atoms with Gasteiger partial charge in [0.2, 0.25) is 0 Å². The van der Waals surface area contributed by atoms with Gasteiger partial charge in [0, 0.05) is 5.41 Å². The Bertz CT molecular complexity index is 330. The van der Waals surface area contributed by atoms with Gasteiger partial charge in [-0.15, -0.1) is 0 Å². The molecule has 1 aromatic carbocycles. The highest BCUT2D eigenvalue weighted by atomic mass is 16.1. The zero-order valence-electron chi connectivity index (χ0n) is 8.73. The lowest BCUT2D eigenvalue weighted by Crippen LogP contribution is -2.05. The van der Waals surface area contributed by atoms with E-state index in [1.54, 1.807) is 0 Å². The molecule has 1 saturated carbocycles. The Kier molecular flexibility index (Phi) is 2.18. The fraction of sp³-hybridized carbons (Fsp3) is 0.462. The van der Waals surface area contributed by atoms with Crippen LogP contribution in [0.5, 0.6) is 0 Å². The molecule has 1 heteroatoms. The molecule has 0 amide bonds. The number of hydrogen-bond acceptors (Lipinski definition) is 1. The summed E-state index contributed by atoms with van der Waals surface area (Å²) in [5.74, 6) is 1.05. The molecule has 0 saturated heterocycles. The molecule has 0 radical (unpaired) electrons. The van der Waals surface area contributed by atoms with Gasteiger partial charge in [0.1, 0.15) is 6.29 Å². The van der Waals surface area contributed by atoms with Crippen LogP contribution in [0.25, 0.3) is 0 Å². The summed E-state index contributed by atoms with van der Waals surface area (Å²) in [6.07, 6.45) is 2.17. The minimum Gasteiger partial charge on any atom is -0.303 e. The molecule has 0 aromatic heterocycles. The summed E-state index contributed by atoms with van der Waals surface area (Å²) in [5, 5.41) is 0. The highest BCUT2D eigenvalue weighted by Crippen LogP contribution is 2.57. The third-order valence-corrected chi connectivity index (χ3v) is 3.54. The Morgan fingerprint density at radius 3 is 2.57 bits per heavy atom. The van der Waals surface area contributed by atoms with E-state index < -0.39 is 0 Å². The van der Waals surface area contributed by atoms with Crippen LogP contribution in [-0.2, 0) is 4.79 Å². The molecule has 1 unspecified atom stereocenters. The highest BCUT2D eigenvalue weighted by Gasteiger charge is 2.52. The fourth-order valence-electron chi connectivity index (χ4n) is 2.29. The maximum absolute atomic E-state index is 10.8. The van der Waals surface area contributed by atoms with Crippen LogP contribution in [-0.4, -0.2) is 6.29 Å². The zero-order chi connectivity index (χ0) is 10.2. The number of hydrogen-bond donors (Lipinski definition) is 0. The summed E-state index contributed by atoms with van der Waals surface area (Å²) >= 11 is 0. The lowest BCUT2D eigenvalue weighted by atomic mass is 9.92. The summed E-state index contributed by atoms with van der Waals surface area (Å²) in [4.78, 5) is 10.8. The summed E-state index contributed by atoms with van der Waals surface area (Å²) in [7, 11) is 0. The maximum Gasteiger partial charge on any atom is 0.126 e. The fourth-order valence-corrected chi connectivity index (χ4v) is 2.29. The molecule has 1 nitrogen and oxygen atoms in total. The first-order valence-electron chi connectivity index (χ1n) is 5.18. The van der Waals surface area contributed by atoms with Crippen LogP contribution in [0.1, 0.15) is 31.7 Å². The van der Waals surface area contributed by atoms with Gasteiger partial charge in [0.25, 0.3) is 0 Å². The molecule has 1 aliphatic rings. The number of aldehydes is 1. The molecule has 0 spiro atoms. The number of carbonyl (C=O) groups excluding carboxylic acids is 1. The second kappa shape index (κ2) is 3.23. The Labute approximate surface area is 85.1 Å². The molecule has 3 atom stereocenters. The van der Waals surface area contributed by atoms with E-state index in [-0.39, 0.29) is 5.41 Å². The SMILES string of the molecule is C[C@@H](c1ccccc1)C1C[C@]1(C)C=O. The van der Waals surface area contributed by atoms with Gasteiger partial charge >= 0.3 is 0 Å². The molecular weight excluding hydrogens is 172 g/mol. The third kappa shape index (κ3) is 1.47. The van der Waals surface area contributed by atoms with E-state index in [4.69, 9.17) is 0 Å². The quantitative estimate of drug-likeness (QED) is 0.666. The van der Waals surface area contributed by atoms with Crippen molar-refractivity contribution < 1.29 is 4.79 Å². The van der Waals surface area contributed by atoms with E-state index in [1.807, 2.05) is 6.07 Å². The molecule has 0 bridgehead atoms. The predicted octanol–water partition coefficient (Wildman–Crippen LogP) is 3.02. The van der Waals surface area contributed by atoms with Gasteiger partial charge in [-0.05, 0) is 23.8 Å². The van der Waals surface area contributed by atoms with Crippen molar-refractivity contribution in [1.29, 1.82) is 0 Å². The van der Waals surface area contributed by atoms with Crippen LogP contribution in [0.15, 0.2) is 30.3 Å². The Morgan fingerprint density at radius 2 is 2.07 bits per heavy atom. The van der Waals surface area contributed by atoms with Crippen molar-refractivity contribution in [3.8, 4) is 0 Å². The lowest BCUT2D eigenvalue weighted by molar-refractivity contribution is -0.112. The molecule has 14 heavy (non-hydrogen) atoms. The second-order valence-electron chi connectivity index (χ2n) is 4.63. The average Bonchev–Trinajstić information content (AvgIpc) is 2.92. The van der Waals surface area contributed by atoms with Gasteiger partial charge in [0.05, 0.1) is 0 Å². The van der Waals surface area contributed by atoms with Crippen molar-refractivity contribution in [2.45, 2.75) is 26.2 Å². The minimum absolute atomic E-state index is 0.0464. The van der Waals surface area contributed by atoms with Gasteiger partial charge in [-0.3, -0.25) is 0 Å². The molecule has 1 aromatic rings. The van der Waals surface area contributed by atoms with Crippen molar-refractivity contribution in [2.24, 2.45) is 11.3 Å². The monoisotopic (exact) mass is 188 g/mol. The third-order valence-electron chi connectivity index (χ3n) is 3.54. The molecular formula is C13H16O. The van der Waals surface area contributed by atoms with Crippen molar-refractivity contribution >= 4 is 6.29 Å². The summed E-state index contributed by atoms with van der Waals surface area (Å²) < 4.78 is 0. The van der Waals surface area contributed by atoms with E-state index in [0.717, 1.165) is 12.7 Å². The number of rotatable bonds is 3. The van der Waals surface area contributed by atoms with E-state index >= 15 is 0 Å². The number of benzene rings is 1. The van der Waals surface area contributed by atoms with Gasteiger partial charge in [-0.2, -0.15) is 0 Å². The van der Waals surface area contributed by atoms with Crippen LogP contribution < -0.4 is 0 Å². The predicted molar refractivity (Wildman–Crippen MR) is 57.1 cm³/mol. The molecule has 1 fully saturated rings. The van der Waals surface area contributed by atoms with Crippen LogP contribution in [0.2, 0.25) is 0 Å². The Balaban J connectivity index is 2.12. The van der Waals surface area contributed by atoms with Crippen molar-refractivity contribution in [1.82, 2.24) is 0 Å². The molecule has 1 aliphatic carbocycles. The summed E-state index contributed by atoms with van der Waals surface area (Å²) in [5.41, 5.74) is 1.30. The lowest BCUT2D eigenvalue weighted by Gasteiger charge is -2.12. The molecule has 0 heterocycles. The largest absolute Gasteiger partial charge is 0.303 e. The molecule has 0 N–H and O–H groups in total. The Hall–Kier alpha value is -1.11. The van der Waals surface area contributed by atoms with E-state index in [0.29, 0.717) is 11.8 Å². The van der Waals surface area contributed by atoms with Crippen LogP contribution >= 0.6 is 0 Å². The maximum atomic E-state index is 10.8. The molecule has 0 aliphatic heterocycles. The van der Waals surface area contributed by atoms with E-state index in [1.165, 1.54) is 5.56 Å². The van der Waals surface area contributed by atoms with Crippen molar-refractivity contribution in [3.63, 3.8) is 0 Å². The van der Waals surface area contributed by atoms with E-state index in [9.17, 15) is 4.79 Å². The zero-order valence-corrected chi connectivity index (χ0v) is 8.73. The first-order chi connectivity index (χ1) is 6.67. The highest BCUT2D eigenvalue weighted by molar-refractivity contribution is 5.64. The second-order valence-corrected chi connectivity index (χ2v) is 4.63. The average molecular weight is 188 g/mol. The van der Waals surface area contributed by atoms with E-state index in [2.05, 4.69) is 38.1 Å². The van der Waals surface area contributed by atoms with Gasteiger partial charge in [0.15, 0.2) is 0 Å². The first kappa shape index (κ1) is 9.45. The smallest absolute Gasteiger partial charge is 0.126 e. The van der Waals surface area contributed by atoms with Crippen molar-refractivity contribution in [3.05, 3.63) is 35.9 Å². The number of carbonyl (C=O) groups is 1. The Morgan fingerprint density at radius 1 is 1.43 bits per heavy atom. The standard InChI is InChI=1S/C13H16O/c1-10(11-6-4-3-5-7-11)12-8-13(12,2)9-14/h3-7,9-10,12H,8H2,1-2H3/t10-,12?,13+/m0/s1. The van der Waals surface area contributed by atoms with Crippen LogP contribution in [0.3, 0.4) is 0 Å². The van der Waals surface area contributed by atoms with Gasteiger partial charge in [-0.25, -0.2) is 0 Å². The minimum atomic E-state index is -0.0464. The van der Waals surface area contributed by atoms with Gasteiger partial charge < -0.3 is 4.79 Å². The van der Waals surface area contributed by atoms with Crippen molar-refractivity contribution in [2.75, 3.05) is 0 Å². The summed E-state index contributed by atoms with van der Waals surface area (Å²) in [6.45, 7) is 4.28. The normalized spacial score (nSPS) is 32.3. The molecule has 2 rings (SSSR count). The van der Waals surface area contributed by atoms with Crippen LogP contribution in [0, 0.1) is 11.3 Å². The van der Waals surface area contributed by atoms with Gasteiger partial charge in [-0.1, -0.05) is 44.2 Å². The first-order valence-corrected chi connectivity index (χ1v) is 5.18. The molecule has 74 valence electrons. The summed E-state index contributed by atoms with van der Waals surface area (Å²) in [6, 6.07) is 10.4.